The van der Waals surface area contributed by atoms with E-state index in [1.165, 1.54) is 25.0 Å². The topological polar surface area (TPSA) is 29.1 Å². The molecule has 1 aromatic rings. The molecule has 0 spiro atoms. The van der Waals surface area contributed by atoms with Gasteiger partial charge in [0.15, 0.2) is 0 Å². The van der Waals surface area contributed by atoms with Crippen molar-refractivity contribution in [2.45, 2.75) is 19.3 Å². The Bertz CT molecular complexity index is 343. The summed E-state index contributed by atoms with van der Waals surface area (Å²) >= 11 is 0. The van der Waals surface area contributed by atoms with Crippen molar-refractivity contribution in [3.8, 4) is 0 Å². The highest BCUT2D eigenvalue weighted by atomic mass is 19.1. The van der Waals surface area contributed by atoms with Gasteiger partial charge in [0.2, 0.25) is 5.91 Å². The van der Waals surface area contributed by atoms with E-state index in [9.17, 15) is 9.18 Å². The van der Waals surface area contributed by atoms with Crippen molar-refractivity contribution in [1.82, 2.24) is 5.32 Å². The summed E-state index contributed by atoms with van der Waals surface area (Å²) in [5, 5.41) is 2.88. The van der Waals surface area contributed by atoms with Crippen LogP contribution >= 0.6 is 0 Å². The fraction of sp³-hybridized carbons (Fsp3) is 0.417. The summed E-state index contributed by atoms with van der Waals surface area (Å²) in [6.07, 6.45) is 2.81. The van der Waals surface area contributed by atoms with Gasteiger partial charge in [0.25, 0.3) is 0 Å². The minimum Gasteiger partial charge on any atom is -0.356 e. The van der Waals surface area contributed by atoms with Gasteiger partial charge >= 0.3 is 0 Å². The van der Waals surface area contributed by atoms with Crippen molar-refractivity contribution in [2.24, 2.45) is 5.92 Å². The smallest absolute Gasteiger partial charge is 0.224 e. The summed E-state index contributed by atoms with van der Waals surface area (Å²) < 4.78 is 12.6. The number of carbonyl (C=O) groups excluding carboxylic acids is 1. The lowest BCUT2D eigenvalue weighted by molar-refractivity contribution is -0.120. The molecule has 0 aliphatic heterocycles. The second kappa shape index (κ2) is 4.43. The minimum atomic E-state index is -0.267. The van der Waals surface area contributed by atoms with Gasteiger partial charge in [0, 0.05) is 6.54 Å². The van der Waals surface area contributed by atoms with Crippen LogP contribution in [-0.2, 0) is 11.2 Å². The summed E-state index contributed by atoms with van der Waals surface area (Å²) in [4.78, 5) is 11.4. The van der Waals surface area contributed by atoms with E-state index in [1.807, 2.05) is 0 Å². The van der Waals surface area contributed by atoms with Gasteiger partial charge in [-0.25, -0.2) is 4.39 Å². The molecule has 1 N–H and O–H groups in total. The van der Waals surface area contributed by atoms with E-state index in [2.05, 4.69) is 5.32 Å². The summed E-state index contributed by atoms with van der Waals surface area (Å²) in [5.74, 6) is 0.452. The first kappa shape index (κ1) is 10.1. The Kier molecular flexibility index (Phi) is 2.99. The molecule has 2 rings (SSSR count). The number of nitrogens with one attached hydrogen (secondary N) is 1. The molecule has 3 heteroatoms. The summed E-state index contributed by atoms with van der Waals surface area (Å²) in [5.41, 5.74) is 0.852. The molecule has 1 amide bonds. The van der Waals surface area contributed by atoms with Crippen LogP contribution < -0.4 is 5.32 Å². The third-order valence-electron chi connectivity index (χ3n) is 2.56. The monoisotopic (exact) mass is 207 g/mol. The van der Waals surface area contributed by atoms with Crippen LogP contribution in [0.1, 0.15) is 18.4 Å². The molecule has 0 unspecified atom stereocenters. The van der Waals surface area contributed by atoms with E-state index in [1.54, 1.807) is 12.1 Å². The first-order valence-electron chi connectivity index (χ1n) is 5.25. The molecule has 80 valence electrons. The Morgan fingerprint density at radius 3 is 2.60 bits per heavy atom. The second-order valence-electron chi connectivity index (χ2n) is 4.05. The van der Waals surface area contributed by atoms with Crippen LogP contribution in [0.4, 0.5) is 4.39 Å². The molecule has 0 heterocycles. The average Bonchev–Trinajstić information content (AvgIpc) is 3.02. The standard InChI is InChI=1S/C12H14FNO/c13-11-5-3-9(4-6-11)7-12(15)14-8-10-1-2-10/h3-6,10H,1-2,7-8H2,(H,14,15). The molecule has 1 aliphatic carbocycles. The van der Waals surface area contributed by atoms with Crippen LogP contribution in [0.3, 0.4) is 0 Å². The zero-order chi connectivity index (χ0) is 10.7. The SMILES string of the molecule is O=C(Cc1ccc(F)cc1)NCC1CC1. The van der Waals surface area contributed by atoms with Crippen molar-refractivity contribution in [3.05, 3.63) is 35.6 Å². The van der Waals surface area contributed by atoms with Crippen LogP contribution in [0.2, 0.25) is 0 Å². The van der Waals surface area contributed by atoms with Crippen LogP contribution in [0, 0.1) is 11.7 Å². The third-order valence-corrected chi connectivity index (χ3v) is 2.56. The molecule has 0 bridgehead atoms. The van der Waals surface area contributed by atoms with E-state index >= 15 is 0 Å². The van der Waals surface area contributed by atoms with E-state index < -0.39 is 0 Å². The van der Waals surface area contributed by atoms with E-state index in [0.717, 1.165) is 12.1 Å². The minimum absolute atomic E-state index is 0.0218. The predicted molar refractivity (Wildman–Crippen MR) is 55.8 cm³/mol. The van der Waals surface area contributed by atoms with Crippen molar-refractivity contribution < 1.29 is 9.18 Å². The average molecular weight is 207 g/mol. The maximum Gasteiger partial charge on any atom is 0.224 e. The van der Waals surface area contributed by atoms with Gasteiger partial charge in [-0.1, -0.05) is 12.1 Å². The number of carbonyl (C=O) groups is 1. The molecular formula is C12H14FNO. The highest BCUT2D eigenvalue weighted by Gasteiger charge is 2.21. The Morgan fingerprint density at radius 1 is 1.33 bits per heavy atom. The lowest BCUT2D eigenvalue weighted by Gasteiger charge is -2.03. The molecule has 1 fully saturated rings. The summed E-state index contributed by atoms with van der Waals surface area (Å²) in [6, 6.07) is 6.05. The van der Waals surface area contributed by atoms with Gasteiger partial charge in [0.1, 0.15) is 5.82 Å². The first-order chi connectivity index (χ1) is 7.24. The largest absolute Gasteiger partial charge is 0.356 e. The predicted octanol–water partition coefficient (Wildman–Crippen LogP) is 1.89. The quantitative estimate of drug-likeness (QED) is 0.802. The van der Waals surface area contributed by atoms with Crippen LogP contribution in [-0.4, -0.2) is 12.5 Å². The summed E-state index contributed by atoms with van der Waals surface area (Å²) in [6.45, 7) is 0.792. The highest BCUT2D eigenvalue weighted by molar-refractivity contribution is 5.78. The molecule has 0 saturated heterocycles. The third kappa shape index (κ3) is 3.35. The van der Waals surface area contributed by atoms with Gasteiger partial charge in [-0.2, -0.15) is 0 Å². The van der Waals surface area contributed by atoms with Gasteiger partial charge in [-0.3, -0.25) is 4.79 Å². The van der Waals surface area contributed by atoms with Gasteiger partial charge < -0.3 is 5.32 Å². The molecular weight excluding hydrogens is 193 g/mol. The highest BCUT2D eigenvalue weighted by Crippen LogP contribution is 2.27. The molecule has 1 saturated carbocycles. The van der Waals surface area contributed by atoms with Gasteiger partial charge in [0.05, 0.1) is 6.42 Å². The van der Waals surface area contributed by atoms with E-state index in [4.69, 9.17) is 0 Å². The molecule has 0 aromatic heterocycles. The fourth-order valence-electron chi connectivity index (χ4n) is 1.43. The van der Waals surface area contributed by atoms with Crippen molar-refractivity contribution in [1.29, 1.82) is 0 Å². The molecule has 15 heavy (non-hydrogen) atoms. The Balaban J connectivity index is 1.79. The molecule has 1 aromatic carbocycles. The number of amides is 1. The summed E-state index contributed by atoms with van der Waals surface area (Å²) in [7, 11) is 0. The fourth-order valence-corrected chi connectivity index (χ4v) is 1.43. The molecule has 0 radical (unpaired) electrons. The van der Waals surface area contributed by atoms with Crippen LogP contribution in [0.5, 0.6) is 0 Å². The first-order valence-corrected chi connectivity index (χ1v) is 5.25. The number of rotatable bonds is 4. The Morgan fingerprint density at radius 2 is 2.00 bits per heavy atom. The van der Waals surface area contributed by atoms with E-state index in [-0.39, 0.29) is 11.7 Å². The molecule has 0 atom stereocenters. The second-order valence-corrected chi connectivity index (χ2v) is 4.05. The van der Waals surface area contributed by atoms with E-state index in [0.29, 0.717) is 12.3 Å². The normalized spacial score (nSPS) is 15.0. The maximum absolute atomic E-state index is 12.6. The lowest BCUT2D eigenvalue weighted by Crippen LogP contribution is -2.27. The number of hydrogen-bond donors (Lipinski definition) is 1. The molecule has 1 aliphatic rings. The lowest BCUT2D eigenvalue weighted by atomic mass is 10.1. The zero-order valence-corrected chi connectivity index (χ0v) is 8.50. The number of hydrogen-bond acceptors (Lipinski definition) is 1. The number of benzene rings is 1. The van der Waals surface area contributed by atoms with Crippen molar-refractivity contribution in [3.63, 3.8) is 0 Å². The van der Waals surface area contributed by atoms with Crippen LogP contribution in [0.25, 0.3) is 0 Å². The van der Waals surface area contributed by atoms with Gasteiger partial charge in [-0.15, -0.1) is 0 Å². The Hall–Kier alpha value is -1.38. The Labute approximate surface area is 88.5 Å². The number of halogens is 1. The molecule has 2 nitrogen and oxygen atoms in total. The zero-order valence-electron chi connectivity index (χ0n) is 8.50. The van der Waals surface area contributed by atoms with Gasteiger partial charge in [-0.05, 0) is 36.5 Å². The van der Waals surface area contributed by atoms with Crippen molar-refractivity contribution >= 4 is 5.91 Å². The van der Waals surface area contributed by atoms with Crippen molar-refractivity contribution in [2.75, 3.05) is 6.54 Å². The maximum atomic E-state index is 12.6. The van der Waals surface area contributed by atoms with Crippen LogP contribution in [0.15, 0.2) is 24.3 Å².